The van der Waals surface area contributed by atoms with Gasteiger partial charge < -0.3 is 4.90 Å². The highest BCUT2D eigenvalue weighted by Crippen LogP contribution is 2.64. The average molecular weight is 459 g/mol. The second kappa shape index (κ2) is 6.23. The number of hydrogen-bond acceptors (Lipinski definition) is 4. The zero-order valence-corrected chi connectivity index (χ0v) is 15.6. The summed E-state index contributed by atoms with van der Waals surface area (Å²) in [6, 6.07) is 2.52. The van der Waals surface area contributed by atoms with E-state index in [0.717, 1.165) is 17.3 Å². The summed E-state index contributed by atoms with van der Waals surface area (Å²) >= 11 is 2.96. The van der Waals surface area contributed by atoms with Gasteiger partial charge in [-0.2, -0.15) is 0 Å². The van der Waals surface area contributed by atoms with Crippen LogP contribution in [0.4, 0.5) is 23.5 Å². The molecular formula is C17H11BrF4N4O2. The minimum absolute atomic E-state index is 0.0132. The maximum absolute atomic E-state index is 14.6. The smallest absolute Gasteiger partial charge is 0.260 e. The summed E-state index contributed by atoms with van der Waals surface area (Å²) < 4.78 is 55.8. The lowest BCUT2D eigenvalue weighted by Crippen LogP contribution is -2.49. The van der Waals surface area contributed by atoms with Crippen molar-refractivity contribution >= 4 is 33.7 Å². The van der Waals surface area contributed by atoms with Crippen LogP contribution < -0.4 is 5.32 Å². The Bertz CT molecular complexity index is 1000. The van der Waals surface area contributed by atoms with Crippen LogP contribution in [-0.2, 0) is 10.2 Å². The first kappa shape index (κ1) is 18.8. The van der Waals surface area contributed by atoms with Crippen molar-refractivity contribution in [2.75, 3.05) is 18.4 Å². The monoisotopic (exact) mass is 458 g/mol. The molecular weight excluding hydrogens is 448 g/mol. The van der Waals surface area contributed by atoms with Gasteiger partial charge in [-0.25, -0.2) is 27.5 Å². The van der Waals surface area contributed by atoms with Crippen LogP contribution in [0.3, 0.4) is 0 Å². The van der Waals surface area contributed by atoms with Crippen molar-refractivity contribution in [3.8, 4) is 0 Å². The number of alkyl halides is 2. The van der Waals surface area contributed by atoms with E-state index in [1.54, 1.807) is 0 Å². The zero-order chi connectivity index (χ0) is 20.3. The molecule has 0 radical (unpaired) electrons. The molecule has 4 rings (SSSR count). The lowest BCUT2D eigenvalue weighted by atomic mass is 9.85. The largest absolute Gasteiger partial charge is 0.328 e. The molecule has 146 valence electrons. The number of benzene rings is 1. The third-order valence-corrected chi connectivity index (χ3v) is 5.47. The van der Waals surface area contributed by atoms with Crippen molar-refractivity contribution in [1.82, 2.24) is 14.9 Å². The Hall–Kier alpha value is -2.56. The van der Waals surface area contributed by atoms with Crippen LogP contribution in [-0.4, -0.2) is 45.7 Å². The second-order valence-corrected chi connectivity index (χ2v) is 7.54. The molecule has 0 saturated heterocycles. The van der Waals surface area contributed by atoms with E-state index in [1.807, 2.05) is 0 Å². The van der Waals surface area contributed by atoms with Crippen LogP contribution in [0.2, 0.25) is 0 Å². The van der Waals surface area contributed by atoms with Crippen molar-refractivity contribution in [2.45, 2.75) is 17.8 Å². The number of hydrogen-bond donors (Lipinski definition) is 1. The summed E-state index contributed by atoms with van der Waals surface area (Å²) in [7, 11) is 0. The Morgan fingerprint density at radius 1 is 1.25 bits per heavy atom. The van der Waals surface area contributed by atoms with E-state index in [9.17, 15) is 27.2 Å². The van der Waals surface area contributed by atoms with E-state index in [-0.39, 0.29) is 21.5 Å². The number of aromatic nitrogens is 2. The standard InChI is InChI=1S/C17H11BrF4N4O2/c18-10-2-1-9-12(13(10)20)16(6-17(16,21)22)7-26(14(9)28)5-11(27)25-15-23-3-8(19)4-24-15/h1-4H,5-7H2,(H,23,24,25,27)/t16-/m0/s1. The molecule has 11 heteroatoms. The first-order valence-corrected chi connectivity index (χ1v) is 8.87. The van der Waals surface area contributed by atoms with Crippen LogP contribution in [0.15, 0.2) is 29.0 Å². The highest BCUT2D eigenvalue weighted by molar-refractivity contribution is 9.10. The number of anilines is 1. The third-order valence-electron chi connectivity index (χ3n) is 4.86. The van der Waals surface area contributed by atoms with Gasteiger partial charge in [0, 0.05) is 24.1 Å². The maximum Gasteiger partial charge on any atom is 0.260 e. The number of rotatable bonds is 3. The predicted molar refractivity (Wildman–Crippen MR) is 91.9 cm³/mol. The number of halogens is 5. The molecule has 0 unspecified atom stereocenters. The maximum atomic E-state index is 14.6. The summed E-state index contributed by atoms with van der Waals surface area (Å²) in [6.45, 7) is -1.06. The molecule has 0 bridgehead atoms. The van der Waals surface area contributed by atoms with Crippen molar-refractivity contribution in [1.29, 1.82) is 0 Å². The van der Waals surface area contributed by atoms with Crippen molar-refractivity contribution in [2.24, 2.45) is 0 Å². The molecule has 1 spiro atoms. The Kier molecular flexibility index (Phi) is 4.18. The van der Waals surface area contributed by atoms with Gasteiger partial charge in [-0.3, -0.25) is 14.9 Å². The van der Waals surface area contributed by atoms with E-state index < -0.39 is 54.3 Å². The molecule has 2 amide bonds. The molecule has 1 aliphatic carbocycles. The molecule has 1 aromatic carbocycles. The fourth-order valence-electron chi connectivity index (χ4n) is 3.46. The quantitative estimate of drug-likeness (QED) is 0.717. The van der Waals surface area contributed by atoms with E-state index in [1.165, 1.54) is 12.1 Å². The van der Waals surface area contributed by atoms with Gasteiger partial charge in [-0.05, 0) is 28.1 Å². The summed E-state index contributed by atoms with van der Waals surface area (Å²) in [4.78, 5) is 32.9. The number of nitrogens with one attached hydrogen (secondary N) is 1. The van der Waals surface area contributed by atoms with Crippen molar-refractivity contribution in [3.63, 3.8) is 0 Å². The van der Waals surface area contributed by atoms with Crippen molar-refractivity contribution in [3.05, 3.63) is 51.8 Å². The summed E-state index contributed by atoms with van der Waals surface area (Å²) in [5.41, 5.74) is -2.39. The number of fused-ring (bicyclic) bond motifs is 2. The van der Waals surface area contributed by atoms with Crippen molar-refractivity contribution < 1.29 is 27.2 Å². The SMILES string of the molecule is O=C(CN1C[C@@]2(CC2(F)F)c2c(ccc(Br)c2F)C1=O)Nc1ncc(F)cn1. The lowest BCUT2D eigenvalue weighted by Gasteiger charge is -2.34. The zero-order valence-electron chi connectivity index (χ0n) is 14.0. The van der Waals surface area contributed by atoms with Crippen LogP contribution in [0.1, 0.15) is 22.3 Å². The minimum Gasteiger partial charge on any atom is -0.328 e. The van der Waals surface area contributed by atoms with E-state index in [2.05, 4.69) is 31.2 Å². The number of carbonyl (C=O) groups excluding carboxylic acids is 2. The van der Waals surface area contributed by atoms with Gasteiger partial charge in [0.15, 0.2) is 5.82 Å². The van der Waals surface area contributed by atoms with E-state index in [0.29, 0.717) is 0 Å². The van der Waals surface area contributed by atoms with Gasteiger partial charge in [0.05, 0.1) is 22.3 Å². The molecule has 6 nitrogen and oxygen atoms in total. The third kappa shape index (κ3) is 2.84. The fraction of sp³-hybridized carbons (Fsp3) is 0.294. The van der Waals surface area contributed by atoms with Gasteiger partial charge >= 0.3 is 0 Å². The molecule has 1 fully saturated rings. The normalized spacial score (nSPS) is 22.2. The molecule has 2 aliphatic rings. The second-order valence-electron chi connectivity index (χ2n) is 6.68. The first-order chi connectivity index (χ1) is 13.1. The molecule has 1 saturated carbocycles. The van der Waals surface area contributed by atoms with Crippen LogP contribution in [0.5, 0.6) is 0 Å². The van der Waals surface area contributed by atoms with Gasteiger partial charge in [-0.1, -0.05) is 0 Å². The lowest BCUT2D eigenvalue weighted by molar-refractivity contribution is -0.117. The topological polar surface area (TPSA) is 75.2 Å². The Balaban J connectivity index is 1.61. The molecule has 1 N–H and O–H groups in total. The molecule has 1 aromatic heterocycles. The predicted octanol–water partition coefficient (Wildman–Crippen LogP) is 2.89. The minimum atomic E-state index is -3.20. The van der Waals surface area contributed by atoms with Crippen LogP contribution in [0, 0.1) is 11.6 Å². The molecule has 2 aromatic rings. The van der Waals surface area contributed by atoms with Gasteiger partial charge in [0.2, 0.25) is 11.9 Å². The van der Waals surface area contributed by atoms with Gasteiger partial charge in [0.1, 0.15) is 12.4 Å². The van der Waals surface area contributed by atoms with Gasteiger partial charge in [-0.15, -0.1) is 0 Å². The fourth-order valence-corrected chi connectivity index (χ4v) is 3.79. The number of carbonyl (C=O) groups is 2. The highest BCUT2D eigenvalue weighted by atomic mass is 79.9. The van der Waals surface area contributed by atoms with Gasteiger partial charge in [0.25, 0.3) is 11.8 Å². The molecule has 1 aliphatic heterocycles. The van der Waals surface area contributed by atoms with Crippen LogP contribution >= 0.6 is 15.9 Å². The molecule has 1 atom stereocenters. The Labute approximate surface area is 164 Å². The summed E-state index contributed by atoms with van der Waals surface area (Å²) in [5.74, 6) is -6.47. The Morgan fingerprint density at radius 2 is 1.89 bits per heavy atom. The summed E-state index contributed by atoms with van der Waals surface area (Å²) in [6.07, 6.45) is 1.06. The average Bonchev–Trinajstić information content (AvgIpc) is 3.17. The molecule has 2 heterocycles. The van der Waals surface area contributed by atoms with Crippen LogP contribution in [0.25, 0.3) is 0 Å². The first-order valence-electron chi connectivity index (χ1n) is 8.08. The van der Waals surface area contributed by atoms with E-state index >= 15 is 0 Å². The molecule has 28 heavy (non-hydrogen) atoms. The highest BCUT2D eigenvalue weighted by Gasteiger charge is 2.75. The number of amides is 2. The Morgan fingerprint density at radius 3 is 2.50 bits per heavy atom. The summed E-state index contributed by atoms with van der Waals surface area (Å²) in [5, 5.41) is 2.26. The number of nitrogens with zero attached hydrogens (tertiary/aromatic N) is 3. The van der Waals surface area contributed by atoms with E-state index in [4.69, 9.17) is 0 Å².